The Kier molecular flexibility index (Phi) is 5.21. The van der Waals surface area contributed by atoms with Gasteiger partial charge in [-0.1, -0.05) is 27.7 Å². The lowest BCUT2D eigenvalue weighted by Gasteiger charge is -2.23. The molecule has 2 heterocycles. The minimum absolute atomic E-state index is 0.0950. The fourth-order valence-corrected chi connectivity index (χ4v) is 2.61. The van der Waals surface area contributed by atoms with Crippen molar-refractivity contribution < 1.29 is 9.59 Å². The number of hydrogen-bond acceptors (Lipinski definition) is 3. The Labute approximate surface area is 131 Å². The van der Waals surface area contributed by atoms with Gasteiger partial charge in [0.2, 0.25) is 5.91 Å². The van der Waals surface area contributed by atoms with E-state index in [4.69, 9.17) is 0 Å². The van der Waals surface area contributed by atoms with Gasteiger partial charge in [-0.15, -0.1) is 0 Å². The highest BCUT2D eigenvalue weighted by atomic mass is 16.2. The molecule has 2 amide bonds. The van der Waals surface area contributed by atoms with E-state index in [1.165, 1.54) is 0 Å². The average Bonchev–Trinajstić information content (AvgIpc) is 2.87. The van der Waals surface area contributed by atoms with E-state index in [1.54, 1.807) is 4.90 Å². The molecule has 0 bridgehead atoms. The maximum atomic E-state index is 12.5. The molecule has 22 heavy (non-hydrogen) atoms. The van der Waals surface area contributed by atoms with Crippen LogP contribution in [0.15, 0.2) is 6.07 Å². The monoisotopic (exact) mass is 306 g/mol. The van der Waals surface area contributed by atoms with Gasteiger partial charge in [0.05, 0.1) is 0 Å². The summed E-state index contributed by atoms with van der Waals surface area (Å²) in [6.07, 6.45) is 0.389. The highest BCUT2D eigenvalue weighted by molar-refractivity contribution is 5.93. The van der Waals surface area contributed by atoms with E-state index in [1.807, 2.05) is 11.0 Å². The zero-order chi connectivity index (χ0) is 16.3. The first-order valence-electron chi connectivity index (χ1n) is 8.00. The smallest absolute Gasteiger partial charge is 0.274 e. The Bertz CT molecular complexity index is 536. The highest BCUT2D eigenvalue weighted by Crippen LogP contribution is 2.15. The van der Waals surface area contributed by atoms with Crippen molar-refractivity contribution in [3.63, 3.8) is 0 Å². The van der Waals surface area contributed by atoms with Crippen LogP contribution in [0.25, 0.3) is 0 Å². The van der Waals surface area contributed by atoms with Crippen molar-refractivity contribution in [3.8, 4) is 0 Å². The largest absolute Gasteiger partial charge is 0.341 e. The predicted molar refractivity (Wildman–Crippen MR) is 84.6 cm³/mol. The molecule has 0 aromatic carbocycles. The third-order valence-electron chi connectivity index (χ3n) is 3.90. The van der Waals surface area contributed by atoms with Gasteiger partial charge in [0.1, 0.15) is 5.69 Å². The molecular formula is C16H26N4O2. The number of aromatic amines is 1. The molecule has 1 aliphatic rings. The molecule has 0 aliphatic carbocycles. The standard InChI is InChI=1S/C16H26N4O2/c1-11(2)10-20-8-7-19(6-5-15(20)21)16(22)14-9-13(12(3)4)17-18-14/h9,11-12H,5-8,10H2,1-4H3,(H,17,18). The Hall–Kier alpha value is -1.85. The van der Waals surface area contributed by atoms with Gasteiger partial charge in [-0.3, -0.25) is 14.7 Å². The Balaban J connectivity index is 2.03. The minimum atomic E-state index is -0.0950. The van der Waals surface area contributed by atoms with Crippen LogP contribution in [0.4, 0.5) is 0 Å². The van der Waals surface area contributed by atoms with Gasteiger partial charge in [0.15, 0.2) is 0 Å². The highest BCUT2D eigenvalue weighted by Gasteiger charge is 2.26. The maximum Gasteiger partial charge on any atom is 0.274 e. The first-order chi connectivity index (χ1) is 10.4. The summed E-state index contributed by atoms with van der Waals surface area (Å²) < 4.78 is 0. The van der Waals surface area contributed by atoms with E-state index in [2.05, 4.69) is 37.9 Å². The third kappa shape index (κ3) is 3.87. The average molecular weight is 306 g/mol. The molecule has 0 unspecified atom stereocenters. The number of hydrogen-bond donors (Lipinski definition) is 1. The van der Waals surface area contributed by atoms with Crippen molar-refractivity contribution in [3.05, 3.63) is 17.5 Å². The Morgan fingerprint density at radius 2 is 2.00 bits per heavy atom. The fourth-order valence-electron chi connectivity index (χ4n) is 2.61. The van der Waals surface area contributed by atoms with Crippen molar-refractivity contribution in [2.24, 2.45) is 5.92 Å². The first kappa shape index (κ1) is 16.5. The second-order valence-corrected chi connectivity index (χ2v) is 6.64. The van der Waals surface area contributed by atoms with Gasteiger partial charge in [-0.05, 0) is 17.9 Å². The summed E-state index contributed by atoms with van der Waals surface area (Å²) in [4.78, 5) is 28.2. The van der Waals surface area contributed by atoms with Gasteiger partial charge in [0.25, 0.3) is 5.91 Å². The lowest BCUT2D eigenvalue weighted by Crippen LogP contribution is -2.37. The number of carbonyl (C=O) groups is 2. The molecule has 6 heteroatoms. The Morgan fingerprint density at radius 1 is 1.27 bits per heavy atom. The SMILES string of the molecule is CC(C)CN1CCN(C(=O)c2cc(C(C)C)[nH]n2)CCC1=O. The van der Waals surface area contributed by atoms with Gasteiger partial charge < -0.3 is 9.80 Å². The number of nitrogens with zero attached hydrogens (tertiary/aromatic N) is 3. The van der Waals surface area contributed by atoms with E-state index < -0.39 is 0 Å². The number of aromatic nitrogens is 2. The van der Waals surface area contributed by atoms with Gasteiger partial charge in [-0.2, -0.15) is 5.10 Å². The second kappa shape index (κ2) is 6.94. The normalized spacial score (nSPS) is 16.5. The Morgan fingerprint density at radius 3 is 2.59 bits per heavy atom. The summed E-state index contributed by atoms with van der Waals surface area (Å²) in [5.74, 6) is 0.781. The molecular weight excluding hydrogens is 280 g/mol. The summed E-state index contributed by atoms with van der Waals surface area (Å²) in [7, 11) is 0. The van der Waals surface area contributed by atoms with E-state index in [0.29, 0.717) is 43.6 Å². The summed E-state index contributed by atoms with van der Waals surface area (Å²) >= 11 is 0. The number of carbonyl (C=O) groups excluding carboxylic acids is 2. The minimum Gasteiger partial charge on any atom is -0.341 e. The lowest BCUT2D eigenvalue weighted by molar-refractivity contribution is -0.130. The van der Waals surface area contributed by atoms with E-state index >= 15 is 0 Å². The first-order valence-corrected chi connectivity index (χ1v) is 8.00. The number of amides is 2. The maximum absolute atomic E-state index is 12.5. The van der Waals surface area contributed by atoms with Crippen LogP contribution in [-0.2, 0) is 4.79 Å². The fraction of sp³-hybridized carbons (Fsp3) is 0.688. The molecule has 0 saturated carbocycles. The molecule has 1 aromatic rings. The van der Waals surface area contributed by atoms with Gasteiger partial charge in [0, 0.05) is 38.3 Å². The molecule has 6 nitrogen and oxygen atoms in total. The molecule has 0 radical (unpaired) electrons. The third-order valence-corrected chi connectivity index (χ3v) is 3.90. The van der Waals surface area contributed by atoms with Crippen LogP contribution in [0.5, 0.6) is 0 Å². The summed E-state index contributed by atoms with van der Waals surface area (Å²) in [5.41, 5.74) is 1.39. The molecule has 1 N–H and O–H groups in total. The number of rotatable bonds is 4. The molecule has 2 rings (SSSR count). The quantitative estimate of drug-likeness (QED) is 0.923. The van der Waals surface area contributed by atoms with Crippen LogP contribution in [0.2, 0.25) is 0 Å². The summed E-state index contributed by atoms with van der Waals surface area (Å²) in [6, 6.07) is 1.81. The number of nitrogens with one attached hydrogen (secondary N) is 1. The van der Waals surface area contributed by atoms with Crippen LogP contribution >= 0.6 is 0 Å². The van der Waals surface area contributed by atoms with E-state index in [9.17, 15) is 9.59 Å². The molecule has 1 aromatic heterocycles. The lowest BCUT2D eigenvalue weighted by atomic mass is 10.1. The van der Waals surface area contributed by atoms with Crippen molar-refractivity contribution >= 4 is 11.8 Å². The van der Waals surface area contributed by atoms with E-state index in [0.717, 1.165) is 12.2 Å². The van der Waals surface area contributed by atoms with Crippen LogP contribution in [0, 0.1) is 5.92 Å². The number of H-pyrrole nitrogens is 1. The molecule has 1 fully saturated rings. The van der Waals surface area contributed by atoms with Crippen molar-refractivity contribution in [1.82, 2.24) is 20.0 Å². The second-order valence-electron chi connectivity index (χ2n) is 6.64. The van der Waals surface area contributed by atoms with Crippen LogP contribution in [-0.4, -0.2) is 58.0 Å². The van der Waals surface area contributed by atoms with Crippen LogP contribution in [0.3, 0.4) is 0 Å². The molecule has 0 atom stereocenters. The van der Waals surface area contributed by atoms with Gasteiger partial charge in [-0.25, -0.2) is 0 Å². The van der Waals surface area contributed by atoms with Crippen molar-refractivity contribution in [2.45, 2.75) is 40.0 Å². The van der Waals surface area contributed by atoms with Crippen LogP contribution < -0.4 is 0 Å². The molecule has 122 valence electrons. The molecule has 1 aliphatic heterocycles. The molecule has 1 saturated heterocycles. The zero-order valence-corrected chi connectivity index (χ0v) is 13.9. The molecule has 0 spiro atoms. The van der Waals surface area contributed by atoms with Crippen molar-refractivity contribution in [2.75, 3.05) is 26.2 Å². The summed E-state index contributed by atoms with van der Waals surface area (Å²) in [5, 5.41) is 7.02. The van der Waals surface area contributed by atoms with E-state index in [-0.39, 0.29) is 11.8 Å². The zero-order valence-electron chi connectivity index (χ0n) is 13.9. The van der Waals surface area contributed by atoms with Crippen LogP contribution in [0.1, 0.15) is 56.2 Å². The van der Waals surface area contributed by atoms with Crippen molar-refractivity contribution in [1.29, 1.82) is 0 Å². The van der Waals surface area contributed by atoms with Gasteiger partial charge >= 0.3 is 0 Å². The topological polar surface area (TPSA) is 69.3 Å². The predicted octanol–water partition coefficient (Wildman–Crippen LogP) is 1.86. The summed E-state index contributed by atoms with van der Waals surface area (Å²) in [6.45, 7) is 10.7.